The molecule has 2 aliphatic rings. The molecule has 0 bridgehead atoms. The smallest absolute Gasteiger partial charge is 0.255 e. The molecule has 0 atom stereocenters. The molecule has 0 aromatic rings. The molecule has 2 saturated heterocycles. The minimum absolute atomic E-state index is 0.500. The summed E-state index contributed by atoms with van der Waals surface area (Å²) in [5, 5.41) is 0. The first-order chi connectivity index (χ1) is 64.7. The van der Waals surface area contributed by atoms with Crippen molar-refractivity contribution in [2.75, 3.05) is 118 Å². The van der Waals surface area contributed by atoms with Crippen LogP contribution in [0.15, 0.2) is 0 Å². The van der Waals surface area contributed by atoms with Gasteiger partial charge in [0.1, 0.15) is 0 Å². The lowest BCUT2D eigenvalue weighted by Gasteiger charge is -2.53. The van der Waals surface area contributed by atoms with E-state index in [1.54, 1.807) is 0 Å². The van der Waals surface area contributed by atoms with Gasteiger partial charge in [-0.25, -0.2) is 114 Å². The Hall–Kier alpha value is -6.55. The quantitative estimate of drug-likeness (QED) is 0.0738. The number of piperidine rings is 2. The van der Waals surface area contributed by atoms with E-state index in [1.807, 2.05) is 0 Å². The third-order valence-corrected chi connectivity index (χ3v) is 12.9. The Morgan fingerprint density at radius 1 is 0.209 bits per heavy atom. The summed E-state index contributed by atoms with van der Waals surface area (Å²) in [6, 6.07) is -107. The molecule has 0 aliphatic carbocycles. The van der Waals surface area contributed by atoms with Gasteiger partial charge in [-0.15, -0.1) is 24.5 Å². The molecule has 0 aromatic carbocycles. The summed E-state index contributed by atoms with van der Waals surface area (Å²) in [7, 11) is 2.50. The molecule has 2 heterocycles. The molecular formula is C51H51F89N8. The van der Waals surface area contributed by atoms with Crippen LogP contribution in [0.3, 0.4) is 0 Å². The zero-order valence-electron chi connectivity index (χ0n) is 69.4. The Balaban J connectivity index is -0.000000106. The average Bonchev–Trinajstić information content (AvgIpc) is 0.666. The van der Waals surface area contributed by atoms with Crippen LogP contribution in [0.4, 0.5) is 391 Å². The van der Waals surface area contributed by atoms with Crippen LogP contribution in [0.2, 0.25) is 0 Å². The Morgan fingerprint density at radius 2 is 0.318 bits per heavy atom. The van der Waals surface area contributed by atoms with E-state index < -0.39 is 331 Å². The first-order valence-corrected chi connectivity index (χ1v) is 31.1. The van der Waals surface area contributed by atoms with E-state index in [9.17, 15) is 391 Å². The van der Waals surface area contributed by atoms with Crippen LogP contribution in [0.5, 0.6) is 0 Å². The molecule has 2 rings (SSSR count). The van der Waals surface area contributed by atoms with Crippen LogP contribution < -0.4 is 0 Å². The van der Waals surface area contributed by atoms with Crippen molar-refractivity contribution in [3.8, 4) is 0 Å². The first-order valence-electron chi connectivity index (χ1n) is 31.1. The molecule has 918 valence electrons. The van der Waals surface area contributed by atoms with Gasteiger partial charge in [0.2, 0.25) is 41.6 Å². The minimum atomic E-state index is -7.62. The van der Waals surface area contributed by atoms with E-state index in [0.29, 0.717) is 35.9 Å². The number of rotatable bonds is 23. The maximum atomic E-state index is 13.3. The molecule has 0 radical (unpaired) electrons. The normalized spacial score (nSPS) is 17.6. The van der Waals surface area contributed by atoms with Crippen molar-refractivity contribution in [3.63, 3.8) is 0 Å². The second-order valence-electron chi connectivity index (χ2n) is 21.7. The van der Waals surface area contributed by atoms with Crippen molar-refractivity contribution in [1.29, 1.82) is 0 Å². The number of nitrogens with zero attached hydrogens (tertiary/aromatic N) is 8. The first kappa shape index (κ1) is 175. The second kappa shape index (κ2) is 64.1. The van der Waals surface area contributed by atoms with Crippen molar-refractivity contribution in [2.24, 2.45) is 0 Å². The summed E-state index contributed by atoms with van der Waals surface area (Å²) in [6.45, 7) is -32.9. The van der Waals surface area contributed by atoms with Gasteiger partial charge in [-0.3, -0.25) is 22.0 Å². The maximum absolute atomic E-state index is 13.3. The highest BCUT2D eigenvalue weighted by Gasteiger charge is 3.02. The Bertz CT molecular complexity index is 2930. The van der Waals surface area contributed by atoms with Crippen molar-refractivity contribution < 1.29 is 391 Å². The summed E-state index contributed by atoms with van der Waals surface area (Å²) < 4.78 is 1060. The topological polar surface area (TPSA) is 25.9 Å². The molecule has 0 spiro atoms. The van der Waals surface area contributed by atoms with Gasteiger partial charge in [-0.1, -0.05) is 14.7 Å². The highest BCUT2D eigenvalue weighted by atomic mass is 19.5. The standard InChI is InChI=1S/3C8H6F14N2.2C7H2F13N.C2H2F4.6CH2F2.5CH3F/c3*1-4(12,13)24(8(20,21)22)7(18,19)6(16,17)23(2-9)5(14,15)3(10)11;2*8-1-21-6(17,18)3(10,11)2(9,5(14,15)16)4(12,13)7(21,19)20;3-1-2(4,5)6;6*2-1-3;5*1-2/h3*3H,2H2,1H3;2*1H2;1H2;6*1H2;5*1H3. The predicted octanol–water partition coefficient (Wildman–Crippen LogP) is 31.7. The molecule has 97 heteroatoms. The van der Waals surface area contributed by atoms with Crippen LogP contribution in [0.1, 0.15) is 20.8 Å². The van der Waals surface area contributed by atoms with E-state index in [-0.39, 0.29) is 0 Å². The van der Waals surface area contributed by atoms with Crippen LogP contribution in [-0.4, -0.2) is 346 Å². The molecule has 2 aliphatic heterocycles. The molecule has 8 nitrogen and oxygen atoms in total. The number of alkyl halides is 89. The van der Waals surface area contributed by atoms with Gasteiger partial charge in [-0.05, 0) is 0 Å². The lowest BCUT2D eigenvalue weighted by atomic mass is 9.81. The van der Waals surface area contributed by atoms with E-state index in [1.165, 1.54) is 0 Å². The monoisotopic (exact) mass is 2470 g/mol. The van der Waals surface area contributed by atoms with Gasteiger partial charge < -0.3 is 0 Å². The molecular weight excluding hydrogens is 2420 g/mol. The fraction of sp³-hybridized carbons (Fsp3) is 1.00. The fourth-order valence-corrected chi connectivity index (χ4v) is 7.42. The molecule has 0 aromatic heterocycles. The average molecular weight is 2470 g/mol. The number of hydrogen-bond donors (Lipinski definition) is 0. The lowest BCUT2D eigenvalue weighted by molar-refractivity contribution is -0.519. The van der Waals surface area contributed by atoms with Crippen LogP contribution in [0, 0.1) is 0 Å². The summed E-state index contributed by atoms with van der Waals surface area (Å²) in [5.41, 5.74) is -15.2. The van der Waals surface area contributed by atoms with Crippen LogP contribution in [0.25, 0.3) is 0 Å². The fourth-order valence-electron chi connectivity index (χ4n) is 7.42. The van der Waals surface area contributed by atoms with E-state index in [2.05, 4.69) is 0 Å². The van der Waals surface area contributed by atoms with Gasteiger partial charge in [0.15, 0.2) is 40.7 Å². The zero-order chi connectivity index (χ0) is 126. The van der Waals surface area contributed by atoms with Gasteiger partial charge in [-0.2, -0.15) is 255 Å². The Kier molecular flexibility index (Phi) is 75.6. The molecule has 0 N–H and O–H groups in total. The summed E-state index contributed by atoms with van der Waals surface area (Å²) >= 11 is 0. The molecule has 0 unspecified atom stereocenters. The second-order valence-corrected chi connectivity index (χ2v) is 21.7. The minimum Gasteiger partial charge on any atom is -0.255 e. The van der Waals surface area contributed by atoms with Crippen molar-refractivity contribution in [1.82, 2.24) is 39.2 Å². The summed E-state index contributed by atoms with van der Waals surface area (Å²) in [4.78, 5) is -24.8. The lowest BCUT2D eigenvalue weighted by Crippen LogP contribution is -2.86. The Labute approximate surface area is 758 Å². The maximum Gasteiger partial charge on any atom is 0.469 e. The van der Waals surface area contributed by atoms with E-state index in [4.69, 9.17) is 0 Å². The van der Waals surface area contributed by atoms with Crippen molar-refractivity contribution >= 4 is 0 Å². The van der Waals surface area contributed by atoms with E-state index >= 15 is 0 Å². The van der Waals surface area contributed by atoms with Gasteiger partial charge in [0, 0.05) is 20.8 Å². The molecule has 0 saturated carbocycles. The van der Waals surface area contributed by atoms with Gasteiger partial charge in [0.25, 0.3) is 0 Å². The third-order valence-electron chi connectivity index (χ3n) is 12.9. The van der Waals surface area contributed by atoms with Gasteiger partial charge in [0.05, 0.1) is 35.9 Å². The van der Waals surface area contributed by atoms with E-state index in [0.717, 1.165) is 0 Å². The van der Waals surface area contributed by atoms with Gasteiger partial charge >= 0.3 is 188 Å². The summed E-state index contributed by atoms with van der Waals surface area (Å²) in [6.07, 6.45) is -56.2. The Morgan fingerprint density at radius 3 is 0.378 bits per heavy atom. The molecule has 148 heavy (non-hydrogen) atoms. The van der Waals surface area contributed by atoms with Crippen LogP contribution in [-0.2, 0) is 0 Å². The SMILES string of the molecule is CC(F)(F)N(C(F)(F)F)C(F)(F)C(F)(F)N(CF)C(F)(F)C(F)F.CC(F)(F)N(C(F)(F)F)C(F)(F)C(F)(F)N(CF)C(F)(F)C(F)F.CC(F)(F)N(C(F)(F)F)C(F)(F)C(F)(F)N(CF)C(F)(F)C(F)F.CF.CF.CF.CF.CF.FCC(F)(F)F.FCF.FCF.FCF.FCF.FCF.FCF.FCN1C(F)(F)C(F)(F)C(F)(C(F)(F)F)C(F)(F)C1(F)F.FCN1C(F)(F)C(F)(F)C(F)(C(F)(F)F)C(F)(F)C1(F)F. The zero-order valence-corrected chi connectivity index (χ0v) is 69.4. The van der Waals surface area contributed by atoms with Crippen molar-refractivity contribution in [2.45, 2.75) is 209 Å². The van der Waals surface area contributed by atoms with Crippen LogP contribution >= 0.6 is 0 Å². The number of likely N-dealkylation sites (tertiary alicyclic amines) is 2. The highest BCUT2D eigenvalue weighted by molar-refractivity contribution is 5.23. The third kappa shape index (κ3) is 41.0. The molecule has 0 amide bonds. The highest BCUT2D eigenvalue weighted by Crippen LogP contribution is 2.71. The summed E-state index contributed by atoms with van der Waals surface area (Å²) in [5.74, 6) is -29.6. The van der Waals surface area contributed by atoms with Crippen molar-refractivity contribution in [3.05, 3.63) is 0 Å². The number of halogens is 89. The molecule has 2 fully saturated rings. The number of hydrogen-bond acceptors (Lipinski definition) is 8. The largest absolute Gasteiger partial charge is 0.469 e. The predicted molar refractivity (Wildman–Crippen MR) is 306 cm³/mol.